The molecule has 4 heteroatoms. The molecule has 0 spiro atoms. The number of hydrogen-bond donors (Lipinski definition) is 0. The first-order valence-electron chi connectivity index (χ1n) is 16.7. The van der Waals surface area contributed by atoms with Crippen molar-refractivity contribution in [3.63, 3.8) is 0 Å². The Morgan fingerprint density at radius 2 is 0.732 bits per heavy atom. The van der Waals surface area contributed by atoms with Gasteiger partial charge in [-0.2, -0.15) is 0 Å². The number of ether oxygens (including phenoxy) is 2. The van der Waals surface area contributed by atoms with Crippen LogP contribution in [0.15, 0.2) is 48.5 Å². The number of hydrogen-bond acceptors (Lipinski definition) is 4. The molecule has 2 rings (SSSR count). The molecule has 0 bridgehead atoms. The number of ketones is 2. The Morgan fingerprint density at radius 1 is 0.439 bits per heavy atom. The van der Waals surface area contributed by atoms with Crippen molar-refractivity contribution in [2.75, 3.05) is 13.2 Å². The molecule has 0 saturated heterocycles. The van der Waals surface area contributed by atoms with Gasteiger partial charge in [0.2, 0.25) is 0 Å². The maximum Gasteiger partial charge on any atom is 0.170 e. The molecule has 0 N–H and O–H groups in total. The Labute approximate surface area is 250 Å². The zero-order valence-electron chi connectivity index (χ0n) is 26.1. The molecule has 0 unspecified atom stereocenters. The Hall–Kier alpha value is -2.62. The molecule has 2 aromatic carbocycles. The lowest BCUT2D eigenvalue weighted by Gasteiger charge is -2.08. The first-order valence-corrected chi connectivity index (χ1v) is 16.7. The molecular formula is C37H56O4. The van der Waals surface area contributed by atoms with Gasteiger partial charge in [-0.25, -0.2) is 0 Å². The molecule has 0 heterocycles. The van der Waals surface area contributed by atoms with Gasteiger partial charge in [0.05, 0.1) is 19.6 Å². The minimum atomic E-state index is -0.175. The largest absolute Gasteiger partial charge is 0.494 e. The highest BCUT2D eigenvalue weighted by Gasteiger charge is 2.14. The molecule has 0 radical (unpaired) electrons. The molecule has 0 fully saturated rings. The van der Waals surface area contributed by atoms with Crippen molar-refractivity contribution in [3.8, 4) is 11.5 Å². The minimum Gasteiger partial charge on any atom is -0.494 e. The number of unbranched alkanes of at least 4 members (excludes halogenated alkanes) is 16. The fourth-order valence-electron chi connectivity index (χ4n) is 5.03. The smallest absolute Gasteiger partial charge is 0.170 e. The normalized spacial score (nSPS) is 11.0. The second kappa shape index (κ2) is 23.0. The lowest BCUT2D eigenvalue weighted by molar-refractivity contribution is 0.0894. The van der Waals surface area contributed by atoms with Crippen molar-refractivity contribution < 1.29 is 19.1 Å². The molecule has 0 aliphatic rings. The average molecular weight is 565 g/mol. The van der Waals surface area contributed by atoms with Gasteiger partial charge < -0.3 is 9.47 Å². The van der Waals surface area contributed by atoms with Crippen LogP contribution < -0.4 is 9.47 Å². The van der Waals surface area contributed by atoms with E-state index < -0.39 is 0 Å². The van der Waals surface area contributed by atoms with E-state index in [1.54, 1.807) is 24.3 Å². The molecular weight excluding hydrogens is 508 g/mol. The number of rotatable bonds is 26. The predicted octanol–water partition coefficient (Wildman–Crippen LogP) is 11.0. The van der Waals surface area contributed by atoms with Crippen molar-refractivity contribution in [3.05, 3.63) is 59.7 Å². The van der Waals surface area contributed by atoms with Gasteiger partial charge in [0.1, 0.15) is 11.5 Å². The Kier molecular flexibility index (Phi) is 19.4. The van der Waals surface area contributed by atoms with E-state index in [9.17, 15) is 9.59 Å². The van der Waals surface area contributed by atoms with Gasteiger partial charge in [-0.05, 0) is 61.4 Å². The Balaban J connectivity index is 1.58. The summed E-state index contributed by atoms with van der Waals surface area (Å²) in [6, 6.07) is 14.3. The van der Waals surface area contributed by atoms with Crippen LogP contribution >= 0.6 is 0 Å². The molecule has 0 saturated carbocycles. The Bertz CT molecular complexity index is 855. The summed E-state index contributed by atoms with van der Waals surface area (Å²) in [5.74, 6) is 1.19. The summed E-state index contributed by atoms with van der Waals surface area (Å²) in [4.78, 5) is 25.4. The van der Waals surface area contributed by atoms with Gasteiger partial charge >= 0.3 is 0 Å². The molecule has 0 atom stereocenters. The summed E-state index contributed by atoms with van der Waals surface area (Å²) < 4.78 is 11.7. The summed E-state index contributed by atoms with van der Waals surface area (Å²) in [7, 11) is 0. The van der Waals surface area contributed by atoms with Gasteiger partial charge in [0.15, 0.2) is 11.6 Å². The fourth-order valence-corrected chi connectivity index (χ4v) is 5.03. The maximum absolute atomic E-state index is 12.7. The van der Waals surface area contributed by atoms with Gasteiger partial charge in [-0.3, -0.25) is 9.59 Å². The third-order valence-corrected chi connectivity index (χ3v) is 7.71. The third kappa shape index (κ3) is 16.4. The van der Waals surface area contributed by atoms with E-state index in [0.717, 1.165) is 24.3 Å². The van der Waals surface area contributed by atoms with Crippen LogP contribution in [-0.2, 0) is 0 Å². The standard InChI is InChI=1S/C37H56O4/c1-3-5-7-9-11-13-15-17-19-29-40-34-25-21-32(22-26-34)36(38)31-37(39)33-23-27-35(28-24-33)41-30-20-18-16-14-12-10-8-6-4-2/h21-28H,3-20,29-31H2,1-2H3. The van der Waals surface area contributed by atoms with Crippen LogP contribution in [0.25, 0.3) is 0 Å². The van der Waals surface area contributed by atoms with E-state index >= 15 is 0 Å². The van der Waals surface area contributed by atoms with Gasteiger partial charge in [-0.15, -0.1) is 0 Å². The average Bonchev–Trinajstić information content (AvgIpc) is 2.99. The lowest BCUT2D eigenvalue weighted by atomic mass is 10.0. The number of benzene rings is 2. The summed E-state index contributed by atoms with van der Waals surface area (Å²) >= 11 is 0. The van der Waals surface area contributed by atoms with Crippen molar-refractivity contribution in [1.29, 1.82) is 0 Å². The highest BCUT2D eigenvalue weighted by Crippen LogP contribution is 2.18. The summed E-state index contributed by atoms with van der Waals surface area (Å²) in [6.07, 6.45) is 23.0. The molecule has 0 aromatic heterocycles. The molecule has 2 aromatic rings. The van der Waals surface area contributed by atoms with Gasteiger partial charge in [0.25, 0.3) is 0 Å². The second-order valence-electron chi connectivity index (χ2n) is 11.4. The number of Topliss-reactive ketones (excluding diaryl/α,β-unsaturated/α-hetero) is 2. The van der Waals surface area contributed by atoms with E-state index in [-0.39, 0.29) is 18.0 Å². The van der Waals surface area contributed by atoms with Gasteiger partial charge in [0, 0.05) is 11.1 Å². The number of carbonyl (C=O) groups excluding carboxylic acids is 2. The van der Waals surface area contributed by atoms with Crippen LogP contribution in [0, 0.1) is 0 Å². The zero-order chi connectivity index (χ0) is 29.4. The topological polar surface area (TPSA) is 52.6 Å². The van der Waals surface area contributed by atoms with E-state index in [2.05, 4.69) is 13.8 Å². The van der Waals surface area contributed by atoms with Crippen molar-refractivity contribution >= 4 is 11.6 Å². The van der Waals surface area contributed by atoms with Crippen LogP contribution in [0.3, 0.4) is 0 Å². The zero-order valence-corrected chi connectivity index (χ0v) is 26.1. The molecule has 41 heavy (non-hydrogen) atoms. The molecule has 0 aliphatic carbocycles. The van der Waals surface area contributed by atoms with E-state index in [0.29, 0.717) is 24.3 Å². The van der Waals surface area contributed by atoms with Crippen LogP contribution in [0.1, 0.15) is 157 Å². The van der Waals surface area contributed by atoms with Crippen LogP contribution in [-0.4, -0.2) is 24.8 Å². The van der Waals surface area contributed by atoms with Crippen molar-refractivity contribution in [1.82, 2.24) is 0 Å². The summed E-state index contributed by atoms with van der Waals surface area (Å²) in [6.45, 7) is 5.89. The molecule has 0 aliphatic heterocycles. The second-order valence-corrected chi connectivity index (χ2v) is 11.4. The van der Waals surface area contributed by atoms with E-state index in [1.807, 2.05) is 24.3 Å². The van der Waals surface area contributed by atoms with Crippen molar-refractivity contribution in [2.24, 2.45) is 0 Å². The SMILES string of the molecule is CCCCCCCCCCCOc1ccc(C(=O)CC(=O)c2ccc(OCCCCCCCCCCC)cc2)cc1. The lowest BCUT2D eigenvalue weighted by Crippen LogP contribution is -2.09. The minimum absolute atomic E-state index is 0.142. The fraction of sp³-hybridized carbons (Fsp3) is 0.622. The highest BCUT2D eigenvalue weighted by atomic mass is 16.5. The van der Waals surface area contributed by atoms with E-state index in [4.69, 9.17) is 9.47 Å². The summed E-state index contributed by atoms with van der Waals surface area (Å²) in [5, 5.41) is 0. The number of carbonyl (C=O) groups is 2. The first-order chi connectivity index (χ1) is 20.1. The van der Waals surface area contributed by atoms with Crippen molar-refractivity contribution in [2.45, 2.75) is 136 Å². The van der Waals surface area contributed by atoms with Gasteiger partial charge in [-0.1, -0.05) is 117 Å². The molecule has 228 valence electrons. The molecule has 4 nitrogen and oxygen atoms in total. The first kappa shape index (κ1) is 34.6. The Morgan fingerprint density at radius 3 is 1.05 bits per heavy atom. The molecule has 0 amide bonds. The maximum atomic E-state index is 12.7. The monoisotopic (exact) mass is 564 g/mol. The summed E-state index contributed by atoms with van der Waals surface area (Å²) in [5.41, 5.74) is 1.07. The predicted molar refractivity (Wildman–Crippen MR) is 172 cm³/mol. The van der Waals surface area contributed by atoms with Crippen LogP contribution in [0.4, 0.5) is 0 Å². The van der Waals surface area contributed by atoms with E-state index in [1.165, 1.54) is 103 Å². The third-order valence-electron chi connectivity index (χ3n) is 7.71. The van der Waals surface area contributed by atoms with Crippen LogP contribution in [0.2, 0.25) is 0 Å². The van der Waals surface area contributed by atoms with Crippen LogP contribution in [0.5, 0.6) is 11.5 Å². The quantitative estimate of drug-likeness (QED) is 0.0648. The highest BCUT2D eigenvalue weighted by molar-refractivity contribution is 6.13.